The van der Waals surface area contributed by atoms with E-state index in [-0.39, 0.29) is 5.69 Å². The first-order valence-corrected chi connectivity index (χ1v) is 5.93. The van der Waals surface area contributed by atoms with Gasteiger partial charge in [-0.25, -0.2) is 9.97 Å². The number of nitro groups is 1. The Balaban J connectivity index is 2.02. The fourth-order valence-corrected chi connectivity index (χ4v) is 1.77. The summed E-state index contributed by atoms with van der Waals surface area (Å²) in [6.45, 7) is 0.889. The van der Waals surface area contributed by atoms with E-state index in [1.54, 1.807) is 24.4 Å². The zero-order chi connectivity index (χ0) is 13.7. The van der Waals surface area contributed by atoms with Crippen molar-refractivity contribution >= 4 is 17.3 Å². The van der Waals surface area contributed by atoms with Crippen LogP contribution in [0.3, 0.4) is 0 Å². The molecule has 0 saturated heterocycles. The first-order chi connectivity index (χ1) is 9.16. The molecule has 2 aromatic rings. The first kappa shape index (κ1) is 13.4. The number of nitro benzene ring substituents is 1. The molecule has 98 valence electrons. The van der Waals surface area contributed by atoms with Gasteiger partial charge >= 0.3 is 0 Å². The molecule has 1 heterocycles. The Hall–Kier alpha value is -2.05. The highest BCUT2D eigenvalue weighted by molar-refractivity contribution is 6.30. The van der Waals surface area contributed by atoms with Gasteiger partial charge in [-0.05, 0) is 18.2 Å². The lowest BCUT2D eigenvalue weighted by atomic mass is 10.2. The molecular formula is C12H11ClN4O2. The quantitative estimate of drug-likeness (QED) is 0.670. The molecular weight excluding hydrogens is 268 g/mol. The number of nitrogens with one attached hydrogen (secondary N) is 1. The Morgan fingerprint density at radius 2 is 2.16 bits per heavy atom. The molecule has 0 radical (unpaired) electrons. The molecule has 1 aromatic carbocycles. The summed E-state index contributed by atoms with van der Waals surface area (Å²) >= 11 is 5.75. The molecule has 0 spiro atoms. The summed E-state index contributed by atoms with van der Waals surface area (Å²) in [5.74, 6) is 0. The average Bonchev–Trinajstić information content (AvgIpc) is 2.41. The minimum absolute atomic E-state index is 0.0164. The molecule has 0 unspecified atom stereocenters. The van der Waals surface area contributed by atoms with Gasteiger partial charge in [-0.1, -0.05) is 11.6 Å². The van der Waals surface area contributed by atoms with Gasteiger partial charge in [-0.3, -0.25) is 10.1 Å². The fourth-order valence-electron chi connectivity index (χ4n) is 1.60. The van der Waals surface area contributed by atoms with Gasteiger partial charge < -0.3 is 5.32 Å². The largest absolute Gasteiger partial charge is 0.307 e. The zero-order valence-electron chi connectivity index (χ0n) is 9.91. The van der Waals surface area contributed by atoms with Crippen molar-refractivity contribution in [3.8, 4) is 0 Å². The number of hydrogen-bond acceptors (Lipinski definition) is 5. The molecule has 1 N–H and O–H groups in total. The van der Waals surface area contributed by atoms with Crippen molar-refractivity contribution in [3.05, 3.63) is 63.2 Å². The van der Waals surface area contributed by atoms with Gasteiger partial charge in [-0.2, -0.15) is 0 Å². The number of benzene rings is 1. The summed E-state index contributed by atoms with van der Waals surface area (Å²) in [7, 11) is 0. The van der Waals surface area contributed by atoms with Gasteiger partial charge in [-0.15, -0.1) is 0 Å². The lowest BCUT2D eigenvalue weighted by Crippen LogP contribution is -2.14. The number of rotatable bonds is 5. The SMILES string of the molecule is O=[N+]([O-])c1cc(Cl)ccc1CNCc1ccncn1. The third-order valence-electron chi connectivity index (χ3n) is 2.51. The summed E-state index contributed by atoms with van der Waals surface area (Å²) in [5, 5.41) is 14.4. The first-order valence-electron chi connectivity index (χ1n) is 5.55. The standard InChI is InChI=1S/C12H11ClN4O2/c13-10-2-1-9(12(5-10)17(18)19)6-15-7-11-3-4-14-8-16-11/h1-5,8,15H,6-7H2. The molecule has 7 heteroatoms. The molecule has 0 saturated carbocycles. The van der Waals surface area contributed by atoms with Gasteiger partial charge in [0.05, 0.1) is 10.6 Å². The van der Waals surface area contributed by atoms with E-state index >= 15 is 0 Å². The molecule has 19 heavy (non-hydrogen) atoms. The van der Waals surface area contributed by atoms with Crippen molar-refractivity contribution in [2.45, 2.75) is 13.1 Å². The maximum absolute atomic E-state index is 10.9. The lowest BCUT2D eigenvalue weighted by Gasteiger charge is -2.05. The van der Waals surface area contributed by atoms with Crippen LogP contribution in [0.1, 0.15) is 11.3 Å². The second-order valence-corrected chi connectivity index (χ2v) is 4.27. The van der Waals surface area contributed by atoms with E-state index in [1.165, 1.54) is 12.4 Å². The normalized spacial score (nSPS) is 10.4. The summed E-state index contributed by atoms with van der Waals surface area (Å²) in [6.07, 6.45) is 3.11. The molecule has 0 aliphatic rings. The molecule has 2 rings (SSSR count). The Labute approximate surface area is 114 Å². The van der Waals surface area contributed by atoms with E-state index in [0.717, 1.165) is 5.69 Å². The molecule has 0 aliphatic heterocycles. The van der Waals surface area contributed by atoms with Crippen LogP contribution in [0, 0.1) is 10.1 Å². The summed E-state index contributed by atoms with van der Waals surface area (Å²) in [6, 6.07) is 6.41. The van der Waals surface area contributed by atoms with E-state index in [4.69, 9.17) is 11.6 Å². The van der Waals surface area contributed by atoms with Crippen molar-refractivity contribution in [2.75, 3.05) is 0 Å². The highest BCUT2D eigenvalue weighted by Crippen LogP contribution is 2.22. The van der Waals surface area contributed by atoms with E-state index in [0.29, 0.717) is 23.7 Å². The fraction of sp³-hybridized carbons (Fsp3) is 0.167. The lowest BCUT2D eigenvalue weighted by molar-refractivity contribution is -0.385. The maximum Gasteiger partial charge on any atom is 0.275 e. The van der Waals surface area contributed by atoms with Crippen LogP contribution in [0.5, 0.6) is 0 Å². The van der Waals surface area contributed by atoms with E-state index in [1.807, 2.05) is 0 Å². The third-order valence-corrected chi connectivity index (χ3v) is 2.74. The topological polar surface area (TPSA) is 81.0 Å². The highest BCUT2D eigenvalue weighted by Gasteiger charge is 2.13. The third kappa shape index (κ3) is 3.70. The van der Waals surface area contributed by atoms with Crippen LogP contribution in [-0.2, 0) is 13.1 Å². The van der Waals surface area contributed by atoms with Gasteiger partial charge in [0.2, 0.25) is 0 Å². The Bertz CT molecular complexity index is 577. The second kappa shape index (κ2) is 6.21. The smallest absolute Gasteiger partial charge is 0.275 e. The zero-order valence-corrected chi connectivity index (χ0v) is 10.7. The van der Waals surface area contributed by atoms with Crippen LogP contribution in [0.25, 0.3) is 0 Å². The van der Waals surface area contributed by atoms with E-state index in [9.17, 15) is 10.1 Å². The van der Waals surface area contributed by atoms with Crippen LogP contribution in [-0.4, -0.2) is 14.9 Å². The van der Waals surface area contributed by atoms with E-state index < -0.39 is 4.92 Å². The molecule has 0 aliphatic carbocycles. The summed E-state index contributed by atoms with van der Waals surface area (Å²) in [5.41, 5.74) is 1.43. The van der Waals surface area contributed by atoms with Crippen molar-refractivity contribution in [1.29, 1.82) is 0 Å². The van der Waals surface area contributed by atoms with E-state index in [2.05, 4.69) is 15.3 Å². The average molecular weight is 279 g/mol. The van der Waals surface area contributed by atoms with Crippen molar-refractivity contribution in [1.82, 2.24) is 15.3 Å². The van der Waals surface area contributed by atoms with Gasteiger partial charge in [0.1, 0.15) is 6.33 Å². The molecule has 0 atom stereocenters. The number of halogens is 1. The minimum atomic E-state index is -0.437. The van der Waals surface area contributed by atoms with Crippen LogP contribution in [0.4, 0.5) is 5.69 Å². The summed E-state index contributed by atoms with van der Waals surface area (Å²) < 4.78 is 0. The molecule has 0 amide bonds. The molecule has 0 fully saturated rings. The number of hydrogen-bond donors (Lipinski definition) is 1. The predicted octanol–water partition coefficient (Wildman–Crippen LogP) is 2.33. The van der Waals surface area contributed by atoms with Crippen LogP contribution < -0.4 is 5.32 Å². The minimum Gasteiger partial charge on any atom is -0.307 e. The highest BCUT2D eigenvalue weighted by atomic mass is 35.5. The number of nitrogens with zero attached hydrogens (tertiary/aromatic N) is 3. The van der Waals surface area contributed by atoms with Crippen LogP contribution in [0.15, 0.2) is 36.8 Å². The summed E-state index contributed by atoms with van der Waals surface area (Å²) in [4.78, 5) is 18.3. The van der Waals surface area contributed by atoms with Crippen LogP contribution >= 0.6 is 11.6 Å². The molecule has 1 aromatic heterocycles. The number of aromatic nitrogens is 2. The van der Waals surface area contributed by atoms with Crippen molar-refractivity contribution in [2.24, 2.45) is 0 Å². The van der Waals surface area contributed by atoms with Gasteiger partial charge in [0.25, 0.3) is 5.69 Å². The van der Waals surface area contributed by atoms with Crippen molar-refractivity contribution in [3.63, 3.8) is 0 Å². The maximum atomic E-state index is 10.9. The Morgan fingerprint density at radius 3 is 2.84 bits per heavy atom. The second-order valence-electron chi connectivity index (χ2n) is 3.83. The van der Waals surface area contributed by atoms with Crippen molar-refractivity contribution < 1.29 is 4.92 Å². The van der Waals surface area contributed by atoms with Crippen LogP contribution in [0.2, 0.25) is 5.02 Å². The Kier molecular flexibility index (Phi) is 4.38. The van der Waals surface area contributed by atoms with Gasteiger partial charge in [0, 0.05) is 35.9 Å². The molecule has 0 bridgehead atoms. The monoisotopic (exact) mass is 278 g/mol. The Morgan fingerprint density at radius 1 is 1.32 bits per heavy atom. The molecule has 6 nitrogen and oxygen atoms in total. The predicted molar refractivity (Wildman–Crippen MR) is 70.7 cm³/mol. The van der Waals surface area contributed by atoms with Gasteiger partial charge in [0.15, 0.2) is 0 Å².